The van der Waals surface area contributed by atoms with Gasteiger partial charge in [-0.3, -0.25) is 4.79 Å². The van der Waals surface area contributed by atoms with Crippen LogP contribution >= 0.6 is 11.3 Å². The Kier molecular flexibility index (Phi) is 6.42. The predicted octanol–water partition coefficient (Wildman–Crippen LogP) is 5.57. The molecule has 29 heavy (non-hydrogen) atoms. The third-order valence-electron chi connectivity index (χ3n) is 4.67. The molecule has 0 bridgehead atoms. The molecule has 154 valence electrons. The molecule has 0 saturated carbocycles. The average Bonchev–Trinajstić information content (AvgIpc) is 3.08. The second-order valence-corrected chi connectivity index (χ2v) is 8.95. The molecule has 1 aromatic heterocycles. The normalized spacial score (nSPS) is 11.5. The van der Waals surface area contributed by atoms with Crippen LogP contribution in [0.15, 0.2) is 36.4 Å². The molecule has 6 heteroatoms. The Bertz CT molecular complexity index is 1010. The van der Waals surface area contributed by atoms with Crippen LogP contribution in [0.4, 0.5) is 5.13 Å². The van der Waals surface area contributed by atoms with Gasteiger partial charge in [-0.05, 0) is 54.2 Å². The number of rotatable bonds is 7. The lowest BCUT2D eigenvalue weighted by Gasteiger charge is -2.18. The first-order valence-corrected chi connectivity index (χ1v) is 10.6. The predicted molar refractivity (Wildman–Crippen MR) is 119 cm³/mol. The summed E-state index contributed by atoms with van der Waals surface area (Å²) in [6, 6.07) is 12.1. The highest BCUT2D eigenvalue weighted by Gasteiger charge is 2.16. The smallest absolute Gasteiger partial charge is 0.226 e. The van der Waals surface area contributed by atoms with Crippen molar-refractivity contribution in [1.82, 2.24) is 4.98 Å². The number of methoxy groups -OCH3 is 1. The van der Waals surface area contributed by atoms with Crippen LogP contribution in [0, 0.1) is 0 Å². The fourth-order valence-electron chi connectivity index (χ4n) is 3.03. The van der Waals surface area contributed by atoms with Gasteiger partial charge in [0.15, 0.2) is 16.6 Å². The van der Waals surface area contributed by atoms with Gasteiger partial charge in [0.25, 0.3) is 0 Å². The van der Waals surface area contributed by atoms with E-state index in [4.69, 9.17) is 9.47 Å². The summed E-state index contributed by atoms with van der Waals surface area (Å²) in [5.74, 6) is 1.35. The molecule has 0 spiro atoms. The van der Waals surface area contributed by atoms with Crippen LogP contribution in [0.5, 0.6) is 11.5 Å². The van der Waals surface area contributed by atoms with E-state index in [0.717, 1.165) is 15.8 Å². The molecule has 0 radical (unpaired) electrons. The monoisotopic (exact) mass is 412 g/mol. The Morgan fingerprint density at radius 1 is 1.14 bits per heavy atom. The van der Waals surface area contributed by atoms with Gasteiger partial charge >= 0.3 is 0 Å². The van der Waals surface area contributed by atoms with Crippen molar-refractivity contribution < 1.29 is 14.3 Å². The topological polar surface area (TPSA) is 60.5 Å². The molecule has 1 heterocycles. The highest BCUT2D eigenvalue weighted by molar-refractivity contribution is 7.22. The molecular formula is C23H28N2O3S. The molecule has 0 aliphatic rings. The fraction of sp³-hybridized carbons (Fsp3) is 0.391. The number of carbonyl (C=O) groups excluding carboxylic acids is 1. The summed E-state index contributed by atoms with van der Waals surface area (Å²) < 4.78 is 12.0. The molecule has 0 atom stereocenters. The summed E-state index contributed by atoms with van der Waals surface area (Å²) in [6.45, 7) is 9.08. The summed E-state index contributed by atoms with van der Waals surface area (Å²) in [4.78, 5) is 17.0. The number of aromatic nitrogens is 1. The quantitative estimate of drug-likeness (QED) is 0.551. The van der Waals surface area contributed by atoms with E-state index in [-0.39, 0.29) is 11.3 Å². The minimum absolute atomic E-state index is 0.0482. The van der Waals surface area contributed by atoms with Crippen LogP contribution in [0.2, 0.25) is 0 Å². The molecular weight excluding hydrogens is 384 g/mol. The van der Waals surface area contributed by atoms with Crippen LogP contribution in [-0.4, -0.2) is 24.6 Å². The Balaban J connectivity index is 1.63. The number of aryl methyl sites for hydroxylation is 1. The zero-order chi connectivity index (χ0) is 21.0. The van der Waals surface area contributed by atoms with Crippen molar-refractivity contribution in [3.63, 3.8) is 0 Å². The van der Waals surface area contributed by atoms with E-state index in [1.54, 1.807) is 7.11 Å². The number of nitrogens with zero attached hydrogens (tertiary/aromatic N) is 1. The van der Waals surface area contributed by atoms with Crippen molar-refractivity contribution >= 4 is 32.6 Å². The van der Waals surface area contributed by atoms with Crippen LogP contribution in [-0.2, 0) is 16.6 Å². The van der Waals surface area contributed by atoms with Gasteiger partial charge < -0.3 is 14.8 Å². The van der Waals surface area contributed by atoms with Gasteiger partial charge in [0.2, 0.25) is 5.91 Å². The van der Waals surface area contributed by atoms with E-state index in [1.807, 2.05) is 31.2 Å². The number of anilines is 1. The third kappa shape index (κ3) is 5.26. The van der Waals surface area contributed by atoms with Gasteiger partial charge in [0.1, 0.15) is 0 Å². The molecule has 0 fully saturated rings. The number of ether oxygens (including phenoxy) is 2. The maximum Gasteiger partial charge on any atom is 0.226 e. The fourth-order valence-corrected chi connectivity index (χ4v) is 3.95. The zero-order valence-corrected chi connectivity index (χ0v) is 18.5. The Morgan fingerprint density at radius 3 is 2.62 bits per heavy atom. The van der Waals surface area contributed by atoms with Crippen molar-refractivity contribution in [1.29, 1.82) is 0 Å². The first-order valence-electron chi connectivity index (χ1n) is 9.81. The molecule has 1 N–H and O–H groups in total. The largest absolute Gasteiger partial charge is 0.493 e. The van der Waals surface area contributed by atoms with E-state index in [1.165, 1.54) is 16.9 Å². The van der Waals surface area contributed by atoms with E-state index in [2.05, 4.69) is 43.2 Å². The SMILES string of the molecule is CCOc1ccc(CCC(=O)Nc2nc3ccc(C(C)(C)C)cc3s2)cc1OC. The van der Waals surface area contributed by atoms with E-state index < -0.39 is 0 Å². The lowest BCUT2D eigenvalue weighted by atomic mass is 9.87. The molecule has 0 unspecified atom stereocenters. The maximum absolute atomic E-state index is 12.4. The number of fused-ring (bicyclic) bond motifs is 1. The second-order valence-electron chi connectivity index (χ2n) is 7.92. The number of benzene rings is 2. The standard InChI is InChI=1S/C23H28N2O3S/c1-6-28-18-11-7-15(13-19(18)27-5)8-12-21(26)25-22-24-17-10-9-16(23(2,3)4)14-20(17)29-22/h7,9-11,13-14H,6,8,12H2,1-5H3,(H,24,25,26). The van der Waals surface area contributed by atoms with Gasteiger partial charge in [-0.1, -0.05) is 44.2 Å². The molecule has 3 rings (SSSR count). The van der Waals surface area contributed by atoms with E-state index >= 15 is 0 Å². The maximum atomic E-state index is 12.4. The molecule has 0 aliphatic heterocycles. The molecule has 3 aromatic rings. The number of amides is 1. The first-order chi connectivity index (χ1) is 13.8. The summed E-state index contributed by atoms with van der Waals surface area (Å²) in [5, 5.41) is 3.57. The third-order valence-corrected chi connectivity index (χ3v) is 5.60. The van der Waals surface area contributed by atoms with Gasteiger partial charge in [-0.25, -0.2) is 4.98 Å². The van der Waals surface area contributed by atoms with Crippen LogP contribution in [0.1, 0.15) is 45.2 Å². The van der Waals surface area contributed by atoms with Crippen LogP contribution in [0.25, 0.3) is 10.2 Å². The van der Waals surface area contributed by atoms with Crippen LogP contribution < -0.4 is 14.8 Å². The second kappa shape index (κ2) is 8.82. The zero-order valence-electron chi connectivity index (χ0n) is 17.7. The van der Waals surface area contributed by atoms with E-state index in [9.17, 15) is 4.79 Å². The lowest BCUT2D eigenvalue weighted by molar-refractivity contribution is -0.116. The summed E-state index contributed by atoms with van der Waals surface area (Å²) in [7, 11) is 1.62. The minimum Gasteiger partial charge on any atom is -0.493 e. The number of hydrogen-bond acceptors (Lipinski definition) is 5. The molecule has 2 aromatic carbocycles. The Morgan fingerprint density at radius 2 is 1.93 bits per heavy atom. The van der Waals surface area contributed by atoms with E-state index in [0.29, 0.717) is 36.1 Å². The Labute approximate surface area is 176 Å². The van der Waals surface area contributed by atoms with Crippen molar-refractivity contribution in [2.24, 2.45) is 0 Å². The molecule has 0 aliphatic carbocycles. The van der Waals surface area contributed by atoms with Crippen molar-refractivity contribution in [2.45, 2.75) is 46.0 Å². The number of carbonyl (C=O) groups is 1. The number of thiazole rings is 1. The highest BCUT2D eigenvalue weighted by Crippen LogP contribution is 2.31. The van der Waals surface area contributed by atoms with Gasteiger partial charge in [0, 0.05) is 6.42 Å². The summed E-state index contributed by atoms with van der Waals surface area (Å²) >= 11 is 1.51. The van der Waals surface area contributed by atoms with Crippen molar-refractivity contribution in [3.05, 3.63) is 47.5 Å². The summed E-state index contributed by atoms with van der Waals surface area (Å²) in [6.07, 6.45) is 0.994. The molecule has 0 saturated heterocycles. The first kappa shape index (κ1) is 21.1. The average molecular weight is 413 g/mol. The van der Waals surface area contributed by atoms with Crippen molar-refractivity contribution in [2.75, 3.05) is 19.0 Å². The lowest BCUT2D eigenvalue weighted by Crippen LogP contribution is -2.12. The van der Waals surface area contributed by atoms with Gasteiger partial charge in [-0.15, -0.1) is 0 Å². The Hall–Kier alpha value is -2.60. The summed E-state index contributed by atoms with van der Waals surface area (Å²) in [5.41, 5.74) is 3.28. The van der Waals surface area contributed by atoms with Gasteiger partial charge in [0.05, 0.1) is 23.9 Å². The van der Waals surface area contributed by atoms with Crippen molar-refractivity contribution in [3.8, 4) is 11.5 Å². The molecule has 1 amide bonds. The number of nitrogens with one attached hydrogen (secondary N) is 1. The van der Waals surface area contributed by atoms with Crippen LogP contribution in [0.3, 0.4) is 0 Å². The molecule has 5 nitrogen and oxygen atoms in total. The minimum atomic E-state index is -0.0482. The highest BCUT2D eigenvalue weighted by atomic mass is 32.1. The van der Waals surface area contributed by atoms with Gasteiger partial charge in [-0.2, -0.15) is 0 Å². The number of hydrogen-bond donors (Lipinski definition) is 1.